The Kier molecular flexibility index (Phi) is 5.57. The van der Waals surface area contributed by atoms with Gasteiger partial charge in [0.05, 0.1) is 0 Å². The molecule has 0 N–H and O–H groups in total. The monoisotopic (exact) mass is 353 g/mol. The number of likely N-dealkylation sites (tertiary alicyclic amines) is 1. The van der Waals surface area contributed by atoms with Crippen LogP contribution in [0.25, 0.3) is 0 Å². The first kappa shape index (κ1) is 19.2. The minimum atomic E-state index is 0.147. The summed E-state index contributed by atoms with van der Waals surface area (Å²) in [5.41, 5.74) is 3.95. The molecule has 3 heterocycles. The summed E-state index contributed by atoms with van der Waals surface area (Å²) >= 11 is 0. The first-order valence-corrected chi connectivity index (χ1v) is 10.00. The predicted octanol–water partition coefficient (Wildman–Crippen LogP) is 3.48. The van der Waals surface area contributed by atoms with Crippen LogP contribution < -0.4 is 4.90 Å². The van der Waals surface area contributed by atoms with Crippen molar-refractivity contribution in [3.05, 3.63) is 17.0 Å². The van der Waals surface area contributed by atoms with Crippen molar-refractivity contribution in [3.63, 3.8) is 0 Å². The van der Waals surface area contributed by atoms with Gasteiger partial charge in [-0.3, -0.25) is 4.90 Å². The fraction of sp³-hybridized carbons (Fsp3) is 0.750. The summed E-state index contributed by atoms with van der Waals surface area (Å²) in [7, 11) is 0. The SMILES string of the molecule is CB(C#N)C1CCN(c2nc(C)c(CN3CCC(C)(C)C3)c(C)n2)CC1. The molecule has 1 aromatic heterocycles. The van der Waals surface area contributed by atoms with Crippen molar-refractivity contribution in [3.8, 4) is 5.97 Å². The highest BCUT2D eigenvalue weighted by molar-refractivity contribution is 6.67. The maximum Gasteiger partial charge on any atom is 0.268 e. The van der Waals surface area contributed by atoms with Gasteiger partial charge in [0.15, 0.2) is 0 Å². The summed E-state index contributed by atoms with van der Waals surface area (Å²) in [6, 6.07) is 0. The van der Waals surface area contributed by atoms with Crippen molar-refractivity contribution in [1.29, 1.82) is 5.26 Å². The molecule has 140 valence electrons. The van der Waals surface area contributed by atoms with Crippen LogP contribution in [0.3, 0.4) is 0 Å². The molecule has 0 saturated carbocycles. The Hall–Kier alpha value is -1.61. The third-order valence-electron chi connectivity index (χ3n) is 6.28. The average molecular weight is 353 g/mol. The predicted molar refractivity (Wildman–Crippen MR) is 108 cm³/mol. The van der Waals surface area contributed by atoms with Crippen LogP contribution in [-0.2, 0) is 6.54 Å². The quantitative estimate of drug-likeness (QED) is 0.776. The lowest BCUT2D eigenvalue weighted by molar-refractivity contribution is 0.283. The van der Waals surface area contributed by atoms with Crippen molar-refractivity contribution in [2.24, 2.45) is 5.41 Å². The van der Waals surface area contributed by atoms with E-state index >= 15 is 0 Å². The number of piperidine rings is 1. The molecule has 0 spiro atoms. The zero-order valence-electron chi connectivity index (χ0n) is 17.0. The van der Waals surface area contributed by atoms with Gasteiger partial charge < -0.3 is 4.90 Å². The molecule has 0 aromatic carbocycles. The van der Waals surface area contributed by atoms with Crippen LogP contribution in [0.5, 0.6) is 0 Å². The maximum atomic E-state index is 9.13. The highest BCUT2D eigenvalue weighted by atomic mass is 15.3. The Morgan fingerprint density at radius 2 is 1.77 bits per heavy atom. The van der Waals surface area contributed by atoms with Crippen molar-refractivity contribution >= 4 is 12.7 Å². The smallest absolute Gasteiger partial charge is 0.268 e. The van der Waals surface area contributed by atoms with E-state index in [-0.39, 0.29) is 6.71 Å². The number of nitriles is 1. The minimum Gasteiger partial charge on any atom is -0.341 e. The number of aryl methyl sites for hydroxylation is 2. The van der Waals surface area contributed by atoms with Crippen LogP contribution in [-0.4, -0.2) is 47.8 Å². The van der Waals surface area contributed by atoms with Crippen molar-refractivity contribution in [1.82, 2.24) is 14.9 Å². The second-order valence-corrected chi connectivity index (χ2v) is 9.04. The molecule has 26 heavy (non-hydrogen) atoms. The normalized spacial score (nSPS) is 21.0. The molecule has 1 aromatic rings. The number of hydrogen-bond acceptors (Lipinski definition) is 5. The van der Waals surface area contributed by atoms with Gasteiger partial charge in [-0.25, -0.2) is 15.2 Å². The summed E-state index contributed by atoms with van der Waals surface area (Å²) in [4.78, 5) is 14.5. The summed E-state index contributed by atoms with van der Waals surface area (Å²) in [5.74, 6) is 3.78. The number of rotatable bonds is 4. The molecule has 0 bridgehead atoms. The summed E-state index contributed by atoms with van der Waals surface area (Å²) < 4.78 is 0. The molecule has 2 aliphatic rings. The van der Waals surface area contributed by atoms with Crippen LogP contribution in [0.4, 0.5) is 5.95 Å². The van der Waals surface area contributed by atoms with Gasteiger partial charge >= 0.3 is 0 Å². The van der Waals surface area contributed by atoms with Crippen LogP contribution in [0.15, 0.2) is 0 Å². The molecule has 0 aliphatic carbocycles. The molecule has 5 nitrogen and oxygen atoms in total. The summed E-state index contributed by atoms with van der Waals surface area (Å²) in [5, 5.41) is 9.13. The largest absolute Gasteiger partial charge is 0.341 e. The van der Waals surface area contributed by atoms with Crippen molar-refractivity contribution < 1.29 is 0 Å². The second-order valence-electron chi connectivity index (χ2n) is 9.04. The maximum absolute atomic E-state index is 9.13. The third-order valence-corrected chi connectivity index (χ3v) is 6.28. The molecule has 2 aliphatic heterocycles. The third kappa shape index (κ3) is 4.20. The highest BCUT2D eigenvalue weighted by Crippen LogP contribution is 2.31. The Labute approximate surface area is 158 Å². The molecule has 0 radical (unpaired) electrons. The van der Waals surface area contributed by atoms with Crippen LogP contribution >= 0.6 is 0 Å². The fourth-order valence-electron chi connectivity index (χ4n) is 4.38. The van der Waals surface area contributed by atoms with Crippen LogP contribution in [0, 0.1) is 30.5 Å². The highest BCUT2D eigenvalue weighted by Gasteiger charge is 2.30. The molecule has 0 atom stereocenters. The van der Waals surface area contributed by atoms with E-state index in [1.165, 1.54) is 12.0 Å². The number of aromatic nitrogens is 2. The van der Waals surface area contributed by atoms with Gasteiger partial charge in [-0.05, 0) is 50.9 Å². The number of hydrogen-bond donors (Lipinski definition) is 0. The molecular weight excluding hydrogens is 321 g/mol. The van der Waals surface area contributed by atoms with Crippen LogP contribution in [0.2, 0.25) is 12.6 Å². The zero-order valence-corrected chi connectivity index (χ0v) is 17.0. The Balaban J connectivity index is 1.67. The van der Waals surface area contributed by atoms with E-state index in [0.29, 0.717) is 11.2 Å². The van der Waals surface area contributed by atoms with E-state index < -0.39 is 0 Å². The fourth-order valence-corrected chi connectivity index (χ4v) is 4.38. The Morgan fingerprint density at radius 3 is 2.27 bits per heavy atom. The van der Waals surface area contributed by atoms with E-state index in [1.54, 1.807) is 0 Å². The lowest BCUT2D eigenvalue weighted by atomic mass is 9.42. The van der Waals surface area contributed by atoms with E-state index in [4.69, 9.17) is 15.2 Å². The van der Waals surface area contributed by atoms with E-state index in [9.17, 15) is 0 Å². The van der Waals surface area contributed by atoms with Gasteiger partial charge in [-0.15, -0.1) is 0 Å². The van der Waals surface area contributed by atoms with Crippen LogP contribution in [0.1, 0.15) is 50.1 Å². The lowest BCUT2D eigenvalue weighted by Crippen LogP contribution is -2.37. The number of nitrogens with zero attached hydrogens (tertiary/aromatic N) is 5. The standard InChI is InChI=1S/C20H32BN5/c1-15-18(12-25-11-8-20(3,4)13-25)16(2)24-19(23-15)26-9-6-17(7-10-26)21(5)14-22/h17H,6-13H2,1-5H3. The van der Waals surface area contributed by atoms with E-state index in [1.807, 2.05) is 6.82 Å². The van der Waals surface area contributed by atoms with Gasteiger partial charge in [0, 0.05) is 49.1 Å². The van der Waals surface area contributed by atoms with Gasteiger partial charge in [-0.1, -0.05) is 20.7 Å². The van der Waals surface area contributed by atoms with E-state index in [0.717, 1.165) is 62.9 Å². The first-order chi connectivity index (χ1) is 12.3. The Morgan fingerprint density at radius 1 is 1.15 bits per heavy atom. The molecule has 3 rings (SSSR count). The number of anilines is 1. The molecular formula is C20H32BN5. The minimum absolute atomic E-state index is 0.147. The topological polar surface area (TPSA) is 56.1 Å². The summed E-state index contributed by atoms with van der Waals surface area (Å²) in [6.45, 7) is 16.3. The average Bonchev–Trinajstić information content (AvgIpc) is 2.96. The van der Waals surface area contributed by atoms with E-state index in [2.05, 4.69) is 43.5 Å². The lowest BCUT2D eigenvalue weighted by Gasteiger charge is -2.33. The first-order valence-electron chi connectivity index (χ1n) is 10.00. The molecule has 6 heteroatoms. The van der Waals surface area contributed by atoms with Gasteiger partial charge in [0.1, 0.15) is 0 Å². The van der Waals surface area contributed by atoms with Gasteiger partial charge in [0.25, 0.3) is 6.71 Å². The molecule has 0 amide bonds. The second kappa shape index (κ2) is 7.56. The molecule has 0 unspecified atom stereocenters. The zero-order chi connectivity index (χ0) is 18.9. The van der Waals surface area contributed by atoms with Crippen molar-refractivity contribution in [2.75, 3.05) is 31.1 Å². The Bertz CT molecular complexity index is 665. The molecule has 2 fully saturated rings. The molecule has 2 saturated heterocycles. The van der Waals surface area contributed by atoms with Crippen molar-refractivity contribution in [2.45, 2.75) is 66.1 Å². The van der Waals surface area contributed by atoms with Gasteiger partial charge in [-0.2, -0.15) is 0 Å². The summed E-state index contributed by atoms with van der Waals surface area (Å²) in [6.07, 6.45) is 3.38. The van der Waals surface area contributed by atoms with Gasteiger partial charge in [0.2, 0.25) is 5.95 Å².